The van der Waals surface area contributed by atoms with Crippen LogP contribution in [0.25, 0.3) is 0 Å². The number of carbonyl (C=O) groups excluding carboxylic acids is 2. The van der Waals surface area contributed by atoms with Crippen molar-refractivity contribution in [3.05, 3.63) is 59.7 Å². The number of alkyl halides is 3. The highest BCUT2D eigenvalue weighted by molar-refractivity contribution is 5.90. The van der Waals surface area contributed by atoms with E-state index in [0.717, 1.165) is 17.7 Å². The molecule has 0 spiro atoms. The molecule has 26 heavy (non-hydrogen) atoms. The van der Waals surface area contributed by atoms with E-state index in [0.29, 0.717) is 5.69 Å². The van der Waals surface area contributed by atoms with E-state index in [1.165, 1.54) is 19.1 Å². The van der Waals surface area contributed by atoms with E-state index in [9.17, 15) is 22.8 Å². The molecule has 8 heteroatoms. The van der Waals surface area contributed by atoms with Gasteiger partial charge in [0.1, 0.15) is 0 Å². The Morgan fingerprint density at radius 2 is 1.62 bits per heavy atom. The molecule has 0 aliphatic heterocycles. The van der Waals surface area contributed by atoms with Gasteiger partial charge in [-0.25, -0.2) is 4.79 Å². The Hall–Kier alpha value is -3.03. The molecule has 0 bridgehead atoms. The number of nitrogens with one attached hydrogen (secondary N) is 3. The Morgan fingerprint density at radius 1 is 0.962 bits per heavy atom. The highest BCUT2D eigenvalue weighted by Gasteiger charge is 2.30. The molecule has 2 aromatic rings. The Labute approximate surface area is 148 Å². The predicted octanol–water partition coefficient (Wildman–Crippen LogP) is 4.55. The molecule has 0 aliphatic rings. The smallest absolute Gasteiger partial charge is 0.331 e. The molecule has 3 N–H and O–H groups in total. The van der Waals surface area contributed by atoms with Gasteiger partial charge < -0.3 is 16.0 Å². The normalized spacial score (nSPS) is 12.2. The zero-order valence-corrected chi connectivity index (χ0v) is 14.1. The van der Waals surface area contributed by atoms with Crippen LogP contribution in [0.5, 0.6) is 0 Å². The van der Waals surface area contributed by atoms with Gasteiger partial charge in [0.2, 0.25) is 5.91 Å². The summed E-state index contributed by atoms with van der Waals surface area (Å²) in [6.07, 6.45) is -4.42. The fourth-order valence-electron chi connectivity index (χ4n) is 2.28. The molecule has 0 heterocycles. The molecule has 3 amide bonds. The molecule has 138 valence electrons. The van der Waals surface area contributed by atoms with Crippen molar-refractivity contribution in [2.24, 2.45) is 0 Å². The van der Waals surface area contributed by atoms with E-state index in [4.69, 9.17) is 0 Å². The average molecular weight is 365 g/mol. The third-order valence-corrected chi connectivity index (χ3v) is 3.52. The number of amides is 3. The van der Waals surface area contributed by atoms with Crippen LogP contribution in [0.4, 0.5) is 29.3 Å². The summed E-state index contributed by atoms with van der Waals surface area (Å²) < 4.78 is 37.6. The molecule has 2 rings (SSSR count). The second-order valence-corrected chi connectivity index (χ2v) is 5.70. The second-order valence-electron chi connectivity index (χ2n) is 5.70. The van der Waals surface area contributed by atoms with Crippen molar-refractivity contribution < 1.29 is 22.8 Å². The van der Waals surface area contributed by atoms with Gasteiger partial charge >= 0.3 is 12.2 Å². The first kappa shape index (κ1) is 19.3. The van der Waals surface area contributed by atoms with Crippen molar-refractivity contribution in [1.82, 2.24) is 5.32 Å². The SMILES string of the molecule is CC(=O)Nc1cccc([C@H](C)NC(=O)Nc2ccc(C(F)(F)F)cc2)c1. The van der Waals surface area contributed by atoms with Crippen molar-refractivity contribution in [2.45, 2.75) is 26.1 Å². The molecule has 0 saturated carbocycles. The monoisotopic (exact) mass is 365 g/mol. The largest absolute Gasteiger partial charge is 0.416 e. The van der Waals surface area contributed by atoms with E-state index >= 15 is 0 Å². The maximum Gasteiger partial charge on any atom is 0.416 e. The average Bonchev–Trinajstić information content (AvgIpc) is 2.54. The summed E-state index contributed by atoms with van der Waals surface area (Å²) in [5.41, 5.74) is 0.826. The van der Waals surface area contributed by atoms with Crippen LogP contribution in [0.2, 0.25) is 0 Å². The van der Waals surface area contributed by atoms with E-state index < -0.39 is 17.8 Å². The topological polar surface area (TPSA) is 70.2 Å². The molecule has 0 unspecified atom stereocenters. The standard InChI is InChI=1S/C18H18F3N3O2/c1-11(13-4-3-5-16(10-13)23-12(2)25)22-17(26)24-15-8-6-14(7-9-15)18(19,20)21/h3-11H,1-2H3,(H,23,25)(H2,22,24,26)/t11-/m0/s1. The van der Waals surface area contributed by atoms with Gasteiger partial charge in [0, 0.05) is 18.3 Å². The van der Waals surface area contributed by atoms with Gasteiger partial charge in [0.05, 0.1) is 11.6 Å². The van der Waals surface area contributed by atoms with Gasteiger partial charge in [-0.2, -0.15) is 13.2 Å². The van der Waals surface area contributed by atoms with Crippen molar-refractivity contribution in [3.63, 3.8) is 0 Å². The number of carbonyl (C=O) groups is 2. The Bertz CT molecular complexity index is 789. The second kappa shape index (κ2) is 7.90. The maximum absolute atomic E-state index is 12.5. The van der Waals surface area contributed by atoms with Gasteiger partial charge in [-0.3, -0.25) is 4.79 Å². The minimum Gasteiger partial charge on any atom is -0.331 e. The summed E-state index contributed by atoms with van der Waals surface area (Å²) in [6.45, 7) is 3.14. The number of benzene rings is 2. The van der Waals surface area contributed by atoms with Crippen molar-refractivity contribution in [1.29, 1.82) is 0 Å². The van der Waals surface area contributed by atoms with Gasteiger partial charge in [-0.05, 0) is 48.9 Å². The first-order valence-electron chi connectivity index (χ1n) is 7.77. The molecule has 0 aromatic heterocycles. The molecule has 2 aromatic carbocycles. The fraction of sp³-hybridized carbons (Fsp3) is 0.222. The van der Waals surface area contributed by atoms with Crippen molar-refractivity contribution in [2.75, 3.05) is 10.6 Å². The summed E-state index contributed by atoms with van der Waals surface area (Å²) in [7, 11) is 0. The number of rotatable bonds is 4. The molecule has 1 atom stereocenters. The van der Waals surface area contributed by atoms with Crippen LogP contribution in [-0.4, -0.2) is 11.9 Å². The van der Waals surface area contributed by atoms with E-state index in [1.54, 1.807) is 31.2 Å². The summed E-state index contributed by atoms with van der Waals surface area (Å²) in [5.74, 6) is -0.206. The van der Waals surface area contributed by atoms with Gasteiger partial charge in [-0.15, -0.1) is 0 Å². The first-order chi connectivity index (χ1) is 12.1. The van der Waals surface area contributed by atoms with Crippen LogP contribution in [0.15, 0.2) is 48.5 Å². The predicted molar refractivity (Wildman–Crippen MR) is 92.8 cm³/mol. The van der Waals surface area contributed by atoms with E-state index in [2.05, 4.69) is 16.0 Å². The van der Waals surface area contributed by atoms with Gasteiger partial charge in [0.25, 0.3) is 0 Å². The molecule has 5 nitrogen and oxygen atoms in total. The Balaban J connectivity index is 1.98. The minimum atomic E-state index is -4.42. The number of hydrogen-bond acceptors (Lipinski definition) is 2. The zero-order chi connectivity index (χ0) is 19.3. The molecule has 0 aliphatic carbocycles. The van der Waals surface area contributed by atoms with E-state index in [1.807, 2.05) is 0 Å². The van der Waals surface area contributed by atoms with Crippen LogP contribution < -0.4 is 16.0 Å². The molecular formula is C18H18F3N3O2. The lowest BCUT2D eigenvalue weighted by Gasteiger charge is -2.16. The lowest BCUT2D eigenvalue weighted by atomic mass is 10.1. The van der Waals surface area contributed by atoms with Crippen molar-refractivity contribution >= 4 is 23.3 Å². The quantitative estimate of drug-likeness (QED) is 0.744. The number of urea groups is 1. The van der Waals surface area contributed by atoms with Crippen LogP contribution in [0, 0.1) is 0 Å². The highest BCUT2D eigenvalue weighted by atomic mass is 19.4. The molecule has 0 saturated heterocycles. The summed E-state index contributed by atoms with van der Waals surface area (Å²) in [5, 5.41) is 7.82. The lowest BCUT2D eigenvalue weighted by molar-refractivity contribution is -0.137. The Morgan fingerprint density at radius 3 is 2.19 bits per heavy atom. The number of anilines is 2. The molecule has 0 radical (unpaired) electrons. The third kappa shape index (κ3) is 5.51. The zero-order valence-electron chi connectivity index (χ0n) is 14.1. The first-order valence-corrected chi connectivity index (χ1v) is 7.77. The number of hydrogen-bond donors (Lipinski definition) is 3. The van der Waals surface area contributed by atoms with Crippen LogP contribution >= 0.6 is 0 Å². The van der Waals surface area contributed by atoms with Crippen LogP contribution in [-0.2, 0) is 11.0 Å². The van der Waals surface area contributed by atoms with Gasteiger partial charge in [-0.1, -0.05) is 12.1 Å². The minimum absolute atomic E-state index is 0.206. The number of halogens is 3. The summed E-state index contributed by atoms with van der Waals surface area (Å²) >= 11 is 0. The Kier molecular flexibility index (Phi) is 5.86. The summed E-state index contributed by atoms with van der Waals surface area (Å²) in [6, 6.07) is 10.2. The third-order valence-electron chi connectivity index (χ3n) is 3.52. The van der Waals surface area contributed by atoms with Crippen LogP contribution in [0.1, 0.15) is 31.0 Å². The maximum atomic E-state index is 12.5. The fourth-order valence-corrected chi connectivity index (χ4v) is 2.28. The highest BCUT2D eigenvalue weighted by Crippen LogP contribution is 2.29. The van der Waals surface area contributed by atoms with Gasteiger partial charge in [0.15, 0.2) is 0 Å². The lowest BCUT2D eigenvalue weighted by Crippen LogP contribution is -2.31. The van der Waals surface area contributed by atoms with E-state index in [-0.39, 0.29) is 17.6 Å². The van der Waals surface area contributed by atoms with Crippen LogP contribution in [0.3, 0.4) is 0 Å². The van der Waals surface area contributed by atoms with Crippen molar-refractivity contribution in [3.8, 4) is 0 Å². The molecular weight excluding hydrogens is 347 g/mol. The summed E-state index contributed by atoms with van der Waals surface area (Å²) in [4.78, 5) is 23.1. The molecule has 0 fully saturated rings.